The SMILES string of the molecule is Cc1ccc2c(c1C)OC[C@H]2NC(=O)NCC[S@](C)=O. The zero-order valence-corrected chi connectivity index (χ0v) is 12.8. The second-order valence-electron chi connectivity index (χ2n) is 4.97. The molecule has 1 aliphatic rings. The third kappa shape index (κ3) is 3.30. The van der Waals surface area contributed by atoms with Gasteiger partial charge in [-0.15, -0.1) is 0 Å². The number of carbonyl (C=O) groups excluding carboxylic acids is 1. The van der Waals surface area contributed by atoms with E-state index in [0.717, 1.165) is 16.9 Å². The fraction of sp³-hybridized carbons (Fsp3) is 0.500. The minimum atomic E-state index is -0.895. The van der Waals surface area contributed by atoms with Crippen molar-refractivity contribution >= 4 is 16.8 Å². The van der Waals surface area contributed by atoms with E-state index in [1.807, 2.05) is 26.0 Å². The zero-order valence-electron chi connectivity index (χ0n) is 12.0. The summed E-state index contributed by atoms with van der Waals surface area (Å²) in [5.74, 6) is 1.34. The number of nitrogens with one attached hydrogen (secondary N) is 2. The Kier molecular flexibility index (Phi) is 4.65. The van der Waals surface area contributed by atoms with Crippen molar-refractivity contribution in [3.8, 4) is 5.75 Å². The molecule has 2 amide bonds. The Morgan fingerprint density at radius 1 is 1.45 bits per heavy atom. The summed E-state index contributed by atoms with van der Waals surface area (Å²) >= 11 is 0. The summed E-state index contributed by atoms with van der Waals surface area (Å²) in [5.41, 5.74) is 3.31. The molecule has 2 N–H and O–H groups in total. The third-order valence-electron chi connectivity index (χ3n) is 3.46. The second-order valence-corrected chi connectivity index (χ2v) is 6.52. The van der Waals surface area contributed by atoms with E-state index < -0.39 is 10.8 Å². The normalized spacial score (nSPS) is 18.1. The molecule has 110 valence electrons. The molecule has 6 heteroatoms. The predicted molar refractivity (Wildman–Crippen MR) is 79.6 cm³/mol. The van der Waals surface area contributed by atoms with Crippen LogP contribution < -0.4 is 15.4 Å². The lowest BCUT2D eigenvalue weighted by Gasteiger charge is -2.13. The van der Waals surface area contributed by atoms with Crippen molar-refractivity contribution < 1.29 is 13.7 Å². The predicted octanol–water partition coefficient (Wildman–Crippen LogP) is 1.41. The molecular formula is C14H20N2O3S. The van der Waals surface area contributed by atoms with Gasteiger partial charge in [0, 0.05) is 34.9 Å². The summed E-state index contributed by atoms with van der Waals surface area (Å²) in [6, 6.07) is 3.65. The number of aryl methyl sites for hydroxylation is 1. The fourth-order valence-corrected chi connectivity index (χ4v) is 2.56. The number of rotatable bonds is 4. The van der Waals surface area contributed by atoms with Gasteiger partial charge in [0.25, 0.3) is 0 Å². The van der Waals surface area contributed by atoms with Crippen LogP contribution in [0.1, 0.15) is 22.7 Å². The van der Waals surface area contributed by atoms with Crippen molar-refractivity contribution in [2.75, 3.05) is 25.2 Å². The molecule has 20 heavy (non-hydrogen) atoms. The van der Waals surface area contributed by atoms with Gasteiger partial charge in [0.05, 0.1) is 6.04 Å². The summed E-state index contributed by atoms with van der Waals surface area (Å²) in [4.78, 5) is 11.8. The van der Waals surface area contributed by atoms with Crippen LogP contribution in [-0.2, 0) is 10.8 Å². The van der Waals surface area contributed by atoms with Gasteiger partial charge in [0.15, 0.2) is 0 Å². The molecule has 0 unspecified atom stereocenters. The molecule has 0 radical (unpaired) electrons. The van der Waals surface area contributed by atoms with E-state index in [1.54, 1.807) is 6.26 Å². The molecule has 0 aromatic heterocycles. The number of carbonyl (C=O) groups is 1. The lowest BCUT2D eigenvalue weighted by Crippen LogP contribution is -2.40. The zero-order chi connectivity index (χ0) is 14.7. The number of benzene rings is 1. The molecule has 0 spiro atoms. The smallest absolute Gasteiger partial charge is 0.315 e. The molecule has 2 rings (SSSR count). The maximum atomic E-state index is 11.8. The van der Waals surface area contributed by atoms with Gasteiger partial charge in [-0.25, -0.2) is 4.79 Å². The third-order valence-corrected chi connectivity index (χ3v) is 4.24. The van der Waals surface area contributed by atoms with Crippen molar-refractivity contribution in [3.05, 3.63) is 28.8 Å². The van der Waals surface area contributed by atoms with E-state index in [4.69, 9.17) is 4.74 Å². The standard InChI is InChI=1S/C14H20N2O3S/c1-9-4-5-11-12(8-19-13(11)10(9)2)16-14(17)15-6-7-20(3)18/h4-5,12H,6-8H2,1-3H3,(H2,15,16,17)/t12-,20+/m1/s1. The van der Waals surface area contributed by atoms with Crippen molar-refractivity contribution in [1.29, 1.82) is 0 Å². The Hall–Kier alpha value is -1.56. The highest BCUT2D eigenvalue weighted by Crippen LogP contribution is 2.36. The second kappa shape index (κ2) is 6.26. The first-order chi connectivity index (χ1) is 9.49. The van der Waals surface area contributed by atoms with Gasteiger partial charge in [-0.2, -0.15) is 0 Å². The summed E-state index contributed by atoms with van der Waals surface area (Å²) in [6.45, 7) is 4.92. The molecule has 0 saturated carbocycles. The molecule has 0 saturated heterocycles. The van der Waals surface area contributed by atoms with Gasteiger partial charge in [0.2, 0.25) is 0 Å². The molecule has 5 nitrogen and oxygen atoms in total. The van der Waals surface area contributed by atoms with Crippen LogP contribution in [0.4, 0.5) is 4.79 Å². The molecule has 0 bridgehead atoms. The van der Waals surface area contributed by atoms with E-state index in [0.29, 0.717) is 18.9 Å². The van der Waals surface area contributed by atoms with Crippen LogP contribution in [0, 0.1) is 13.8 Å². The largest absolute Gasteiger partial charge is 0.490 e. The Balaban J connectivity index is 1.95. The van der Waals surface area contributed by atoms with Gasteiger partial charge in [-0.3, -0.25) is 4.21 Å². The number of hydrogen-bond acceptors (Lipinski definition) is 3. The Morgan fingerprint density at radius 3 is 2.90 bits per heavy atom. The Morgan fingerprint density at radius 2 is 2.20 bits per heavy atom. The van der Waals surface area contributed by atoms with Gasteiger partial charge in [0.1, 0.15) is 12.4 Å². The summed E-state index contributed by atoms with van der Waals surface area (Å²) in [5, 5.41) is 5.58. The minimum Gasteiger partial charge on any atom is -0.490 e. The maximum absolute atomic E-state index is 11.8. The van der Waals surface area contributed by atoms with Crippen LogP contribution in [0.2, 0.25) is 0 Å². The number of amides is 2. The number of hydrogen-bond donors (Lipinski definition) is 2. The summed E-state index contributed by atoms with van der Waals surface area (Å²) in [7, 11) is -0.895. The quantitative estimate of drug-likeness (QED) is 0.883. The highest BCUT2D eigenvalue weighted by atomic mass is 32.2. The summed E-state index contributed by atoms with van der Waals surface area (Å²) < 4.78 is 16.6. The number of fused-ring (bicyclic) bond motifs is 1. The molecule has 1 aromatic rings. The Labute approximate surface area is 121 Å². The summed E-state index contributed by atoms with van der Waals surface area (Å²) in [6.07, 6.45) is 1.62. The number of urea groups is 1. The van der Waals surface area contributed by atoms with E-state index in [1.165, 1.54) is 5.56 Å². The van der Waals surface area contributed by atoms with Crippen molar-refractivity contribution in [2.24, 2.45) is 0 Å². The van der Waals surface area contributed by atoms with Gasteiger partial charge in [-0.05, 0) is 25.0 Å². The average Bonchev–Trinajstić information content (AvgIpc) is 2.77. The van der Waals surface area contributed by atoms with Crippen LogP contribution in [0.25, 0.3) is 0 Å². The van der Waals surface area contributed by atoms with Crippen LogP contribution >= 0.6 is 0 Å². The van der Waals surface area contributed by atoms with E-state index in [9.17, 15) is 9.00 Å². The topological polar surface area (TPSA) is 67.4 Å². The van der Waals surface area contributed by atoms with Gasteiger partial charge in [-0.1, -0.05) is 12.1 Å². The Bertz CT molecular complexity index is 545. The molecule has 1 aromatic carbocycles. The van der Waals surface area contributed by atoms with Gasteiger partial charge >= 0.3 is 6.03 Å². The van der Waals surface area contributed by atoms with Crippen LogP contribution in [0.5, 0.6) is 5.75 Å². The highest BCUT2D eigenvalue weighted by molar-refractivity contribution is 7.84. The van der Waals surface area contributed by atoms with E-state index >= 15 is 0 Å². The van der Waals surface area contributed by atoms with Crippen molar-refractivity contribution in [1.82, 2.24) is 10.6 Å². The fourth-order valence-electron chi connectivity index (χ4n) is 2.17. The molecule has 0 aliphatic carbocycles. The first kappa shape index (κ1) is 14.8. The van der Waals surface area contributed by atoms with Gasteiger partial charge < -0.3 is 15.4 Å². The van der Waals surface area contributed by atoms with Crippen molar-refractivity contribution in [2.45, 2.75) is 19.9 Å². The highest BCUT2D eigenvalue weighted by Gasteiger charge is 2.27. The first-order valence-electron chi connectivity index (χ1n) is 6.56. The molecular weight excluding hydrogens is 276 g/mol. The molecule has 1 aliphatic heterocycles. The van der Waals surface area contributed by atoms with Crippen LogP contribution in [-0.4, -0.2) is 35.4 Å². The van der Waals surface area contributed by atoms with Crippen LogP contribution in [0.3, 0.4) is 0 Å². The first-order valence-corrected chi connectivity index (χ1v) is 8.29. The van der Waals surface area contributed by atoms with E-state index in [-0.39, 0.29) is 12.1 Å². The molecule has 1 heterocycles. The minimum absolute atomic E-state index is 0.128. The lowest BCUT2D eigenvalue weighted by atomic mass is 10.0. The molecule has 0 fully saturated rings. The van der Waals surface area contributed by atoms with Crippen LogP contribution in [0.15, 0.2) is 12.1 Å². The maximum Gasteiger partial charge on any atom is 0.315 e. The molecule has 2 atom stereocenters. The monoisotopic (exact) mass is 296 g/mol. The number of ether oxygens (including phenoxy) is 1. The average molecular weight is 296 g/mol. The van der Waals surface area contributed by atoms with Crippen molar-refractivity contribution in [3.63, 3.8) is 0 Å². The van der Waals surface area contributed by atoms with E-state index in [2.05, 4.69) is 10.6 Å². The lowest BCUT2D eigenvalue weighted by molar-refractivity contribution is 0.232.